The van der Waals surface area contributed by atoms with E-state index >= 15 is 0 Å². The molecule has 2 N–H and O–H groups in total. The van der Waals surface area contributed by atoms with E-state index in [1.807, 2.05) is 0 Å². The Morgan fingerprint density at radius 1 is 1.30 bits per heavy atom. The fourth-order valence-corrected chi connectivity index (χ4v) is 3.28. The topological polar surface area (TPSA) is 83.6 Å². The number of aryl methyl sites for hydroxylation is 1. The van der Waals surface area contributed by atoms with E-state index < -0.39 is 0 Å². The maximum Gasteiger partial charge on any atom is 0.340 e. The van der Waals surface area contributed by atoms with Gasteiger partial charge in [-0.05, 0) is 50.6 Å². The fourth-order valence-electron chi connectivity index (χ4n) is 2.43. The highest BCUT2D eigenvalue weighted by atomic mass is 32.2. The van der Waals surface area contributed by atoms with Crippen LogP contribution in [0.15, 0.2) is 34.3 Å². The summed E-state index contributed by atoms with van der Waals surface area (Å²) >= 11 is 1.47. The van der Waals surface area contributed by atoms with Crippen molar-refractivity contribution in [2.75, 3.05) is 12.4 Å². The lowest BCUT2D eigenvalue weighted by Crippen LogP contribution is -2.18. The second-order valence-corrected chi connectivity index (χ2v) is 6.90. The molecule has 2 aromatic rings. The third-order valence-electron chi connectivity index (χ3n) is 3.75. The van der Waals surface area contributed by atoms with Crippen LogP contribution in [-0.4, -0.2) is 35.4 Å². The van der Waals surface area contributed by atoms with Gasteiger partial charge >= 0.3 is 5.97 Å². The number of thioether (sulfide) groups is 1. The number of hydrazone groups is 1. The van der Waals surface area contributed by atoms with Crippen molar-refractivity contribution >= 4 is 29.9 Å². The van der Waals surface area contributed by atoms with Crippen LogP contribution < -0.4 is 5.43 Å². The minimum Gasteiger partial charge on any atom is -0.462 e. The van der Waals surface area contributed by atoms with Crippen LogP contribution in [-0.2, 0) is 9.53 Å². The van der Waals surface area contributed by atoms with Gasteiger partial charge in [-0.15, -0.1) is 11.8 Å². The molecule has 1 aromatic carbocycles. The third kappa shape index (κ3) is 5.96. The summed E-state index contributed by atoms with van der Waals surface area (Å²) in [6.07, 6.45) is 1.74. The fraction of sp³-hybridized carbons (Fsp3) is 0.316. The lowest BCUT2D eigenvalue weighted by molar-refractivity contribution is -0.120. The number of H-pyrrole nitrogens is 1. The van der Waals surface area contributed by atoms with Crippen molar-refractivity contribution in [1.82, 2.24) is 10.4 Å². The number of esters is 1. The van der Waals surface area contributed by atoms with Gasteiger partial charge in [0.25, 0.3) is 0 Å². The largest absolute Gasteiger partial charge is 0.462 e. The molecule has 0 saturated carbocycles. The van der Waals surface area contributed by atoms with Crippen LogP contribution >= 0.6 is 11.8 Å². The van der Waals surface area contributed by atoms with Crippen molar-refractivity contribution in [2.24, 2.45) is 5.10 Å². The van der Waals surface area contributed by atoms with E-state index in [1.165, 1.54) is 30.1 Å². The Morgan fingerprint density at radius 2 is 2.00 bits per heavy atom. The average Bonchev–Trinajstić information content (AvgIpc) is 2.90. The van der Waals surface area contributed by atoms with Crippen LogP contribution in [0.25, 0.3) is 0 Å². The van der Waals surface area contributed by atoms with E-state index in [-0.39, 0.29) is 24.1 Å². The smallest absolute Gasteiger partial charge is 0.340 e. The van der Waals surface area contributed by atoms with E-state index in [0.29, 0.717) is 29.3 Å². The molecule has 8 heteroatoms. The molecule has 0 fully saturated rings. The van der Waals surface area contributed by atoms with Gasteiger partial charge in [0.05, 0.1) is 24.1 Å². The van der Waals surface area contributed by atoms with Gasteiger partial charge in [0, 0.05) is 22.8 Å². The van der Waals surface area contributed by atoms with E-state index in [1.54, 1.807) is 32.9 Å². The first-order valence-corrected chi connectivity index (χ1v) is 9.47. The Hall–Kier alpha value is -2.61. The molecule has 0 saturated heterocycles. The first kappa shape index (κ1) is 20.7. The monoisotopic (exact) mass is 391 g/mol. The molecule has 0 unspecified atom stereocenters. The molecule has 0 radical (unpaired) electrons. The summed E-state index contributed by atoms with van der Waals surface area (Å²) < 4.78 is 17.9. The van der Waals surface area contributed by atoms with Gasteiger partial charge in [-0.25, -0.2) is 14.6 Å². The maximum atomic E-state index is 12.8. The van der Waals surface area contributed by atoms with Gasteiger partial charge in [-0.1, -0.05) is 0 Å². The van der Waals surface area contributed by atoms with Gasteiger partial charge in [-0.2, -0.15) is 5.10 Å². The summed E-state index contributed by atoms with van der Waals surface area (Å²) in [4.78, 5) is 27.8. The van der Waals surface area contributed by atoms with E-state index in [4.69, 9.17) is 4.74 Å². The van der Waals surface area contributed by atoms with Crippen LogP contribution in [0.4, 0.5) is 4.39 Å². The van der Waals surface area contributed by atoms with Gasteiger partial charge < -0.3 is 9.72 Å². The highest BCUT2D eigenvalue weighted by Crippen LogP contribution is 2.19. The van der Waals surface area contributed by atoms with Crippen molar-refractivity contribution in [3.63, 3.8) is 0 Å². The highest BCUT2D eigenvalue weighted by molar-refractivity contribution is 7.99. The Morgan fingerprint density at radius 3 is 2.67 bits per heavy atom. The zero-order valence-corrected chi connectivity index (χ0v) is 16.3. The number of aromatic amines is 1. The molecule has 1 aromatic heterocycles. The molecule has 1 heterocycles. The SMILES string of the molecule is CCOC(=O)c1c(C)[nH]c(/C=N/NC(=O)CCSc2ccc(F)cc2)c1C. The molecular formula is C19H22FN3O3S. The Kier molecular flexibility index (Phi) is 7.60. The molecule has 144 valence electrons. The number of aromatic nitrogens is 1. The molecular weight excluding hydrogens is 369 g/mol. The lowest BCUT2D eigenvalue weighted by Gasteiger charge is -2.02. The van der Waals surface area contributed by atoms with Crippen molar-refractivity contribution in [1.29, 1.82) is 0 Å². The average molecular weight is 391 g/mol. The first-order valence-electron chi connectivity index (χ1n) is 8.49. The number of rotatable bonds is 8. The van der Waals surface area contributed by atoms with Crippen LogP contribution in [0.5, 0.6) is 0 Å². The molecule has 1 amide bonds. The number of hydrogen-bond acceptors (Lipinski definition) is 5. The second kappa shape index (κ2) is 9.91. The molecule has 0 atom stereocenters. The number of nitrogens with zero attached hydrogens (tertiary/aromatic N) is 1. The van der Waals surface area contributed by atoms with Gasteiger partial charge in [-0.3, -0.25) is 4.79 Å². The number of carbonyl (C=O) groups is 2. The van der Waals surface area contributed by atoms with Crippen LogP contribution in [0, 0.1) is 19.7 Å². The minimum absolute atomic E-state index is 0.229. The molecule has 0 bridgehead atoms. The summed E-state index contributed by atoms with van der Waals surface area (Å²) in [7, 11) is 0. The number of nitrogens with one attached hydrogen (secondary N) is 2. The zero-order chi connectivity index (χ0) is 19.8. The summed E-state index contributed by atoms with van der Waals surface area (Å²) in [6.45, 7) is 5.62. The zero-order valence-electron chi connectivity index (χ0n) is 15.5. The highest BCUT2D eigenvalue weighted by Gasteiger charge is 2.18. The molecule has 6 nitrogen and oxygen atoms in total. The Labute approximate surface area is 161 Å². The van der Waals surface area contributed by atoms with Crippen LogP contribution in [0.1, 0.15) is 40.7 Å². The minimum atomic E-state index is -0.384. The van der Waals surface area contributed by atoms with Crippen molar-refractivity contribution in [2.45, 2.75) is 32.1 Å². The van der Waals surface area contributed by atoms with E-state index in [2.05, 4.69) is 15.5 Å². The summed E-state index contributed by atoms with van der Waals surface area (Å²) in [6, 6.07) is 6.12. The number of halogens is 1. The molecule has 27 heavy (non-hydrogen) atoms. The Bertz CT molecular complexity index is 831. The number of hydrogen-bond donors (Lipinski definition) is 2. The number of amides is 1. The Balaban J connectivity index is 1.84. The summed E-state index contributed by atoms with van der Waals surface area (Å²) in [5.41, 5.74) is 4.99. The maximum absolute atomic E-state index is 12.8. The normalized spacial score (nSPS) is 11.0. The van der Waals surface area contributed by atoms with Crippen LogP contribution in [0.2, 0.25) is 0 Å². The molecule has 0 aliphatic carbocycles. The molecule has 0 aliphatic rings. The standard InChI is InChI=1S/C19H22FN3O3S/c1-4-26-19(25)18-12(2)16(22-13(18)3)11-21-23-17(24)9-10-27-15-7-5-14(20)6-8-15/h5-8,11,22H,4,9-10H2,1-3H3,(H,23,24)/b21-11+. The number of ether oxygens (including phenoxy) is 1. The molecule has 0 spiro atoms. The summed E-state index contributed by atoms with van der Waals surface area (Å²) in [5, 5.41) is 3.93. The molecule has 0 aliphatic heterocycles. The van der Waals surface area contributed by atoms with Gasteiger partial charge in [0.15, 0.2) is 0 Å². The quantitative estimate of drug-likeness (QED) is 0.312. The van der Waals surface area contributed by atoms with E-state index in [9.17, 15) is 14.0 Å². The first-order chi connectivity index (χ1) is 12.9. The van der Waals surface area contributed by atoms with Gasteiger partial charge in [0.1, 0.15) is 5.82 Å². The predicted octanol–water partition coefficient (Wildman–Crippen LogP) is 3.58. The lowest BCUT2D eigenvalue weighted by atomic mass is 10.1. The van der Waals surface area contributed by atoms with Gasteiger partial charge in [0.2, 0.25) is 5.91 Å². The second-order valence-electron chi connectivity index (χ2n) is 5.73. The number of benzene rings is 1. The third-order valence-corrected chi connectivity index (χ3v) is 4.76. The van der Waals surface area contributed by atoms with Crippen LogP contribution in [0.3, 0.4) is 0 Å². The summed E-state index contributed by atoms with van der Waals surface area (Å²) in [5.74, 6) is -0.342. The predicted molar refractivity (Wildman–Crippen MR) is 104 cm³/mol. The number of carbonyl (C=O) groups excluding carboxylic acids is 2. The van der Waals surface area contributed by atoms with E-state index in [0.717, 1.165) is 10.5 Å². The van der Waals surface area contributed by atoms with Crippen molar-refractivity contribution < 1.29 is 18.7 Å². The van der Waals surface area contributed by atoms with Crippen molar-refractivity contribution in [3.05, 3.63) is 52.6 Å². The molecule has 2 rings (SSSR count). The van der Waals surface area contributed by atoms with Crippen molar-refractivity contribution in [3.8, 4) is 0 Å².